The van der Waals surface area contributed by atoms with Gasteiger partial charge >= 0.3 is 24.0 Å². The second-order valence-corrected chi connectivity index (χ2v) is 6.38. The van der Waals surface area contributed by atoms with Gasteiger partial charge in [-0.1, -0.05) is 6.08 Å². The summed E-state index contributed by atoms with van der Waals surface area (Å²) in [6, 6.07) is 0. The number of hydrogen-bond donors (Lipinski definition) is 2. The number of esters is 1. The number of halogens is 3. The van der Waals surface area contributed by atoms with E-state index in [1.54, 1.807) is 6.92 Å². The number of carbonyl (C=O) groups excluding carboxylic acids is 2. The van der Waals surface area contributed by atoms with E-state index in [0.29, 0.717) is 30.4 Å². The lowest BCUT2D eigenvalue weighted by atomic mass is 9.92. The van der Waals surface area contributed by atoms with Gasteiger partial charge in [0, 0.05) is 17.2 Å². The van der Waals surface area contributed by atoms with Crippen molar-refractivity contribution < 1.29 is 42.1 Å². The molecule has 0 unspecified atom stereocenters. The van der Waals surface area contributed by atoms with E-state index in [1.165, 1.54) is 13.2 Å². The standard InChI is InChI=1S/C19H20F3NO6/c1-10-12-9-29-17(26)14(12)15(23-18(27)19(20,21)22)11(16(10)28-2)7-5-3-4-6-8-13(24)25/h6,8H,3-5,7,9H2,1-2H3,(H,23,27)(H,24,25)/b8-6+. The number of ether oxygens (including phenoxy) is 2. The van der Waals surface area contributed by atoms with E-state index in [2.05, 4.69) is 0 Å². The molecular formula is C19H20F3NO6. The minimum atomic E-state index is -5.13. The largest absolute Gasteiger partial charge is 0.496 e. The molecule has 1 heterocycles. The predicted octanol–water partition coefficient (Wildman–Crippen LogP) is 3.53. The zero-order valence-electron chi connectivity index (χ0n) is 15.8. The van der Waals surface area contributed by atoms with Crippen molar-refractivity contribution in [3.8, 4) is 5.75 Å². The number of unbranched alkanes of at least 4 members (excludes halogenated alkanes) is 2. The maximum Gasteiger partial charge on any atom is 0.471 e. The van der Waals surface area contributed by atoms with Gasteiger partial charge in [0.2, 0.25) is 0 Å². The second-order valence-electron chi connectivity index (χ2n) is 6.38. The van der Waals surface area contributed by atoms with Gasteiger partial charge in [-0.15, -0.1) is 0 Å². The average molecular weight is 415 g/mol. The number of carboxylic acid groups (broad SMARTS) is 1. The van der Waals surface area contributed by atoms with Gasteiger partial charge in [-0.3, -0.25) is 4.79 Å². The van der Waals surface area contributed by atoms with Gasteiger partial charge in [0.05, 0.1) is 18.4 Å². The molecule has 2 rings (SSSR count). The molecule has 0 aromatic heterocycles. The van der Waals surface area contributed by atoms with E-state index >= 15 is 0 Å². The number of hydrogen-bond acceptors (Lipinski definition) is 5. The van der Waals surface area contributed by atoms with Gasteiger partial charge in [-0.05, 0) is 38.2 Å². The first kappa shape index (κ1) is 22.3. The Kier molecular flexibility index (Phi) is 6.89. The van der Waals surface area contributed by atoms with Crippen molar-refractivity contribution in [3.63, 3.8) is 0 Å². The molecule has 0 saturated carbocycles. The summed E-state index contributed by atoms with van der Waals surface area (Å²) < 4.78 is 48.8. The highest BCUT2D eigenvalue weighted by molar-refractivity contribution is 6.06. The number of nitrogens with one attached hydrogen (secondary N) is 1. The molecule has 1 amide bonds. The normalized spacial score (nSPS) is 13.3. The zero-order valence-corrected chi connectivity index (χ0v) is 15.8. The summed E-state index contributed by atoms with van der Waals surface area (Å²) in [6.07, 6.45) is -0.999. The quantitative estimate of drug-likeness (QED) is 0.383. The summed E-state index contributed by atoms with van der Waals surface area (Å²) in [5.41, 5.74) is 0.842. The van der Waals surface area contributed by atoms with Crippen molar-refractivity contribution in [3.05, 3.63) is 34.4 Å². The van der Waals surface area contributed by atoms with Crippen LogP contribution >= 0.6 is 0 Å². The number of fused-ring (bicyclic) bond motifs is 1. The highest BCUT2D eigenvalue weighted by Gasteiger charge is 2.41. The van der Waals surface area contributed by atoms with Crippen LogP contribution in [0.25, 0.3) is 0 Å². The number of amides is 1. The second kappa shape index (κ2) is 8.97. The average Bonchev–Trinajstić information content (AvgIpc) is 3.01. The number of anilines is 1. The molecule has 158 valence electrons. The van der Waals surface area contributed by atoms with E-state index in [0.717, 1.165) is 6.08 Å². The SMILES string of the molecule is COc1c(C)c2c(c(NC(=O)C(F)(F)F)c1CCCC/C=C/C(=O)O)C(=O)OC2. The molecule has 2 N–H and O–H groups in total. The molecular weight excluding hydrogens is 395 g/mol. The minimum absolute atomic E-state index is 0.0957. The molecule has 1 aromatic carbocycles. The number of cyclic esters (lactones) is 1. The van der Waals surface area contributed by atoms with Crippen LogP contribution in [0.1, 0.15) is 46.3 Å². The number of carbonyl (C=O) groups is 3. The van der Waals surface area contributed by atoms with Crippen LogP contribution in [0.15, 0.2) is 12.2 Å². The van der Waals surface area contributed by atoms with E-state index < -0.39 is 24.0 Å². The first-order valence-corrected chi connectivity index (χ1v) is 8.75. The van der Waals surface area contributed by atoms with Gasteiger partial charge in [0.1, 0.15) is 12.4 Å². The Morgan fingerprint density at radius 1 is 1.31 bits per heavy atom. The Morgan fingerprint density at radius 2 is 2.00 bits per heavy atom. The molecule has 0 atom stereocenters. The number of carboxylic acids is 1. The summed E-state index contributed by atoms with van der Waals surface area (Å²) in [7, 11) is 1.35. The minimum Gasteiger partial charge on any atom is -0.496 e. The summed E-state index contributed by atoms with van der Waals surface area (Å²) in [6.45, 7) is 1.54. The lowest BCUT2D eigenvalue weighted by Crippen LogP contribution is -2.31. The molecule has 1 aliphatic heterocycles. The van der Waals surface area contributed by atoms with Crippen LogP contribution in [0.4, 0.5) is 18.9 Å². The number of methoxy groups -OCH3 is 1. The first-order valence-electron chi connectivity index (χ1n) is 8.75. The van der Waals surface area contributed by atoms with E-state index in [4.69, 9.17) is 14.6 Å². The fraction of sp³-hybridized carbons (Fsp3) is 0.421. The summed E-state index contributed by atoms with van der Waals surface area (Å²) in [5, 5.41) is 10.4. The fourth-order valence-corrected chi connectivity index (χ4v) is 3.17. The Bertz CT molecular complexity index is 861. The smallest absolute Gasteiger partial charge is 0.471 e. The van der Waals surface area contributed by atoms with Crippen molar-refractivity contribution in [1.82, 2.24) is 0 Å². The molecule has 1 aromatic rings. The first-order chi connectivity index (χ1) is 13.6. The molecule has 10 heteroatoms. The van der Waals surface area contributed by atoms with Crippen molar-refractivity contribution >= 4 is 23.5 Å². The van der Waals surface area contributed by atoms with Crippen LogP contribution < -0.4 is 10.1 Å². The Balaban J connectivity index is 2.40. The van der Waals surface area contributed by atoms with Gasteiger partial charge < -0.3 is 19.9 Å². The highest BCUT2D eigenvalue weighted by atomic mass is 19.4. The maximum absolute atomic E-state index is 12.8. The number of allylic oxidation sites excluding steroid dienone is 1. The van der Waals surface area contributed by atoms with Crippen molar-refractivity contribution in [2.45, 2.75) is 45.4 Å². The third-order valence-electron chi connectivity index (χ3n) is 4.48. The van der Waals surface area contributed by atoms with E-state index in [9.17, 15) is 27.6 Å². The van der Waals surface area contributed by atoms with Crippen LogP contribution in [0, 0.1) is 6.92 Å². The Labute approximate surface area is 164 Å². The molecule has 0 radical (unpaired) electrons. The van der Waals surface area contributed by atoms with Crippen molar-refractivity contribution in [2.75, 3.05) is 12.4 Å². The molecule has 0 aliphatic carbocycles. The van der Waals surface area contributed by atoms with Crippen LogP contribution in [0.3, 0.4) is 0 Å². The van der Waals surface area contributed by atoms with Crippen molar-refractivity contribution in [1.29, 1.82) is 0 Å². The fourth-order valence-electron chi connectivity index (χ4n) is 3.17. The molecule has 29 heavy (non-hydrogen) atoms. The van der Waals surface area contributed by atoms with E-state index in [-0.39, 0.29) is 35.6 Å². The number of rotatable bonds is 8. The number of aliphatic carboxylic acids is 1. The summed E-state index contributed by atoms with van der Waals surface area (Å²) in [5.74, 6) is -3.80. The molecule has 0 bridgehead atoms. The van der Waals surface area contributed by atoms with Crippen LogP contribution in [0.5, 0.6) is 5.75 Å². The third-order valence-corrected chi connectivity index (χ3v) is 4.48. The number of alkyl halides is 3. The van der Waals surface area contributed by atoms with Gasteiger partial charge in [-0.25, -0.2) is 9.59 Å². The van der Waals surface area contributed by atoms with Crippen LogP contribution in [0.2, 0.25) is 0 Å². The van der Waals surface area contributed by atoms with Crippen molar-refractivity contribution in [2.24, 2.45) is 0 Å². The van der Waals surface area contributed by atoms with Gasteiger partial charge in [0.15, 0.2) is 0 Å². The number of benzene rings is 1. The van der Waals surface area contributed by atoms with Crippen LogP contribution in [-0.4, -0.2) is 36.2 Å². The molecule has 7 nitrogen and oxygen atoms in total. The lowest BCUT2D eigenvalue weighted by molar-refractivity contribution is -0.167. The topological polar surface area (TPSA) is 102 Å². The highest BCUT2D eigenvalue weighted by Crippen LogP contribution is 2.42. The monoisotopic (exact) mass is 415 g/mol. The Hall–Kier alpha value is -3.04. The Morgan fingerprint density at radius 3 is 2.59 bits per heavy atom. The molecule has 1 aliphatic rings. The van der Waals surface area contributed by atoms with Gasteiger partial charge in [0.25, 0.3) is 0 Å². The molecule has 0 saturated heterocycles. The third kappa shape index (κ3) is 5.07. The van der Waals surface area contributed by atoms with Crippen LogP contribution in [-0.2, 0) is 27.4 Å². The zero-order chi connectivity index (χ0) is 21.8. The summed E-state index contributed by atoms with van der Waals surface area (Å²) >= 11 is 0. The molecule has 0 spiro atoms. The lowest BCUT2D eigenvalue weighted by Gasteiger charge is -2.20. The predicted molar refractivity (Wildman–Crippen MR) is 95.9 cm³/mol. The van der Waals surface area contributed by atoms with Gasteiger partial charge in [-0.2, -0.15) is 13.2 Å². The van der Waals surface area contributed by atoms with E-state index in [1.807, 2.05) is 5.32 Å². The molecule has 0 fully saturated rings. The maximum atomic E-state index is 12.8. The summed E-state index contributed by atoms with van der Waals surface area (Å²) in [4.78, 5) is 34.2.